The van der Waals surface area contributed by atoms with Crippen molar-refractivity contribution in [2.24, 2.45) is 0 Å². The molecule has 0 spiro atoms. The summed E-state index contributed by atoms with van der Waals surface area (Å²) in [6.45, 7) is 1.73. The SMILES string of the molecule is CCOC(=O)C(=Cc1cc[c]cc1)S(=O)(=O)c1ccccc1. The second-order valence-corrected chi connectivity index (χ2v) is 6.30. The summed E-state index contributed by atoms with van der Waals surface area (Å²) in [6, 6.07) is 17.3. The monoisotopic (exact) mass is 315 g/mol. The molecule has 1 radical (unpaired) electrons. The Hall–Kier alpha value is -2.40. The third-order valence-electron chi connectivity index (χ3n) is 2.86. The van der Waals surface area contributed by atoms with Crippen LogP contribution in [0.25, 0.3) is 6.08 Å². The molecular formula is C17H15O4S. The molecule has 4 nitrogen and oxygen atoms in total. The highest BCUT2D eigenvalue weighted by atomic mass is 32.2. The maximum atomic E-state index is 12.7. The largest absolute Gasteiger partial charge is 0.462 e. The predicted octanol–water partition coefficient (Wildman–Crippen LogP) is 2.86. The van der Waals surface area contributed by atoms with Crippen molar-refractivity contribution in [2.45, 2.75) is 11.8 Å². The predicted molar refractivity (Wildman–Crippen MR) is 83.5 cm³/mol. The summed E-state index contributed by atoms with van der Waals surface area (Å²) in [5.41, 5.74) is 0.585. The smallest absolute Gasteiger partial charge is 0.350 e. The van der Waals surface area contributed by atoms with Gasteiger partial charge in [0.2, 0.25) is 9.84 Å². The Balaban J connectivity index is 2.55. The summed E-state index contributed by atoms with van der Waals surface area (Å²) in [6.07, 6.45) is 1.31. The van der Waals surface area contributed by atoms with E-state index >= 15 is 0 Å². The van der Waals surface area contributed by atoms with Crippen molar-refractivity contribution >= 4 is 21.9 Å². The maximum absolute atomic E-state index is 12.7. The fourth-order valence-electron chi connectivity index (χ4n) is 1.82. The van der Waals surface area contributed by atoms with Gasteiger partial charge in [0.05, 0.1) is 11.5 Å². The van der Waals surface area contributed by atoms with E-state index in [0.29, 0.717) is 5.56 Å². The molecule has 0 bridgehead atoms. The number of benzene rings is 2. The fourth-order valence-corrected chi connectivity index (χ4v) is 3.16. The topological polar surface area (TPSA) is 60.4 Å². The lowest BCUT2D eigenvalue weighted by Gasteiger charge is -2.09. The molecule has 0 amide bonds. The Morgan fingerprint density at radius 2 is 1.77 bits per heavy atom. The van der Waals surface area contributed by atoms with Gasteiger partial charge >= 0.3 is 5.97 Å². The van der Waals surface area contributed by atoms with E-state index in [1.807, 2.05) is 0 Å². The van der Waals surface area contributed by atoms with E-state index in [0.717, 1.165) is 0 Å². The normalized spacial score (nSPS) is 12.0. The van der Waals surface area contributed by atoms with Crippen LogP contribution in [0.1, 0.15) is 12.5 Å². The number of hydrogen-bond acceptors (Lipinski definition) is 4. The molecule has 0 aliphatic carbocycles. The zero-order chi connectivity index (χ0) is 16.0. The number of carbonyl (C=O) groups excluding carboxylic acids is 1. The Morgan fingerprint density at radius 1 is 1.14 bits per heavy atom. The fraction of sp³-hybridized carbons (Fsp3) is 0.118. The average molecular weight is 315 g/mol. The van der Waals surface area contributed by atoms with Gasteiger partial charge < -0.3 is 4.74 Å². The van der Waals surface area contributed by atoms with E-state index in [9.17, 15) is 13.2 Å². The van der Waals surface area contributed by atoms with Crippen LogP contribution >= 0.6 is 0 Å². The molecule has 0 atom stereocenters. The number of sulfone groups is 1. The van der Waals surface area contributed by atoms with E-state index in [1.165, 1.54) is 18.2 Å². The highest BCUT2D eigenvalue weighted by Gasteiger charge is 2.28. The summed E-state index contributed by atoms with van der Waals surface area (Å²) < 4.78 is 30.2. The molecule has 5 heteroatoms. The van der Waals surface area contributed by atoms with E-state index in [2.05, 4.69) is 6.07 Å². The van der Waals surface area contributed by atoms with Crippen molar-refractivity contribution in [2.75, 3.05) is 6.61 Å². The first kappa shape index (κ1) is 16.0. The van der Waals surface area contributed by atoms with Crippen LogP contribution in [0.2, 0.25) is 0 Å². The lowest BCUT2D eigenvalue weighted by Crippen LogP contribution is -2.16. The van der Waals surface area contributed by atoms with E-state index in [-0.39, 0.29) is 16.4 Å². The third kappa shape index (κ3) is 3.62. The second-order valence-electron chi connectivity index (χ2n) is 4.38. The summed E-state index contributed by atoms with van der Waals surface area (Å²) in [4.78, 5) is 11.8. The van der Waals surface area contributed by atoms with Crippen molar-refractivity contribution in [1.29, 1.82) is 0 Å². The molecule has 0 fully saturated rings. The lowest BCUT2D eigenvalue weighted by atomic mass is 10.2. The van der Waals surface area contributed by atoms with Gasteiger partial charge in [0.25, 0.3) is 0 Å². The van der Waals surface area contributed by atoms with Crippen molar-refractivity contribution in [1.82, 2.24) is 0 Å². The van der Waals surface area contributed by atoms with Gasteiger partial charge in [0.1, 0.15) is 0 Å². The van der Waals surface area contributed by atoms with Crippen LogP contribution in [0.5, 0.6) is 0 Å². The van der Waals surface area contributed by atoms with Crippen molar-refractivity contribution in [3.05, 3.63) is 71.1 Å². The lowest BCUT2D eigenvalue weighted by molar-refractivity contribution is -0.137. The molecular weight excluding hydrogens is 300 g/mol. The Morgan fingerprint density at radius 3 is 2.36 bits per heavy atom. The number of hydrogen-bond donors (Lipinski definition) is 0. The quantitative estimate of drug-likeness (QED) is 0.629. The highest BCUT2D eigenvalue weighted by Crippen LogP contribution is 2.22. The minimum absolute atomic E-state index is 0.0526. The molecule has 2 aromatic rings. The van der Waals surface area contributed by atoms with Gasteiger partial charge in [-0.1, -0.05) is 42.5 Å². The molecule has 0 saturated heterocycles. The van der Waals surface area contributed by atoms with E-state index in [4.69, 9.17) is 4.74 Å². The number of rotatable bonds is 5. The molecule has 0 unspecified atom stereocenters. The zero-order valence-corrected chi connectivity index (χ0v) is 12.8. The van der Waals surface area contributed by atoms with Crippen molar-refractivity contribution in [3.63, 3.8) is 0 Å². The molecule has 2 rings (SSSR count). The highest BCUT2D eigenvalue weighted by molar-refractivity contribution is 7.96. The Bertz CT molecular complexity index is 763. The van der Waals surface area contributed by atoms with Crippen LogP contribution in [0, 0.1) is 6.07 Å². The number of carbonyl (C=O) groups is 1. The standard InChI is InChI=1S/C17H15O4S/c1-2-21-17(18)16(13-14-9-5-3-6-10-14)22(19,20)15-11-7-4-8-12-15/h4-13H,2H2,1H3. The first-order valence-corrected chi connectivity index (χ1v) is 8.19. The van der Waals surface area contributed by atoms with Crippen LogP contribution in [0.4, 0.5) is 0 Å². The Kier molecular flexibility index (Phi) is 5.12. The van der Waals surface area contributed by atoms with Gasteiger partial charge in [-0.05, 0) is 36.8 Å². The summed E-state index contributed by atoms with van der Waals surface area (Å²) >= 11 is 0. The van der Waals surface area contributed by atoms with Gasteiger partial charge in [-0.25, -0.2) is 13.2 Å². The van der Waals surface area contributed by atoms with Gasteiger partial charge in [-0.15, -0.1) is 0 Å². The van der Waals surface area contributed by atoms with Crippen LogP contribution in [0.15, 0.2) is 64.4 Å². The zero-order valence-electron chi connectivity index (χ0n) is 12.0. The van der Waals surface area contributed by atoms with Gasteiger partial charge in [0.15, 0.2) is 4.91 Å². The van der Waals surface area contributed by atoms with Crippen LogP contribution < -0.4 is 0 Å². The molecule has 0 aliphatic heterocycles. The number of esters is 1. The van der Waals surface area contributed by atoms with Crippen LogP contribution in [-0.2, 0) is 19.4 Å². The summed E-state index contributed by atoms with van der Waals surface area (Å²) in [7, 11) is -3.94. The van der Waals surface area contributed by atoms with E-state index in [1.54, 1.807) is 49.4 Å². The van der Waals surface area contributed by atoms with Gasteiger partial charge in [-0.2, -0.15) is 0 Å². The minimum atomic E-state index is -3.94. The third-order valence-corrected chi connectivity index (χ3v) is 4.62. The first-order chi connectivity index (χ1) is 10.6. The molecule has 0 heterocycles. The summed E-state index contributed by atoms with van der Waals surface area (Å²) in [5.74, 6) is -0.862. The van der Waals surface area contributed by atoms with Crippen LogP contribution in [-0.4, -0.2) is 21.0 Å². The van der Waals surface area contributed by atoms with Gasteiger partial charge in [-0.3, -0.25) is 0 Å². The van der Waals surface area contributed by atoms with Crippen molar-refractivity contribution in [3.8, 4) is 0 Å². The summed E-state index contributed by atoms with van der Waals surface area (Å²) in [5, 5.41) is 0. The van der Waals surface area contributed by atoms with Crippen molar-refractivity contribution < 1.29 is 17.9 Å². The molecule has 2 aromatic carbocycles. The van der Waals surface area contributed by atoms with E-state index < -0.39 is 15.8 Å². The molecule has 0 N–H and O–H groups in total. The minimum Gasteiger partial charge on any atom is -0.462 e. The van der Waals surface area contributed by atoms with Crippen LogP contribution in [0.3, 0.4) is 0 Å². The second kappa shape index (κ2) is 7.04. The molecule has 0 aromatic heterocycles. The molecule has 0 saturated carbocycles. The molecule has 22 heavy (non-hydrogen) atoms. The first-order valence-electron chi connectivity index (χ1n) is 6.71. The van der Waals surface area contributed by atoms with Gasteiger partial charge in [0, 0.05) is 0 Å². The Labute approximate surface area is 130 Å². The molecule has 0 aliphatic rings. The average Bonchev–Trinajstić information content (AvgIpc) is 2.54. The molecule has 113 valence electrons. The maximum Gasteiger partial charge on any atom is 0.350 e. The number of ether oxygens (including phenoxy) is 1.